The summed E-state index contributed by atoms with van der Waals surface area (Å²) < 4.78 is 0. The standard InChI is InChI=1S/C16H14OS/c1-11-5-7-15(18-11)10-13-4-2-3-12-9-14(17)6-8-16(12)13/h2-9,17H,10H2,1H3. The highest BCUT2D eigenvalue weighted by Gasteiger charge is 2.04. The van der Waals surface area contributed by atoms with Crippen LogP contribution >= 0.6 is 11.3 Å². The van der Waals surface area contributed by atoms with E-state index in [-0.39, 0.29) is 0 Å². The Labute approximate surface area is 110 Å². The quantitative estimate of drug-likeness (QED) is 0.713. The Hall–Kier alpha value is -1.80. The van der Waals surface area contributed by atoms with E-state index in [1.165, 1.54) is 20.7 Å². The Morgan fingerprint density at radius 3 is 2.72 bits per heavy atom. The molecule has 0 amide bonds. The van der Waals surface area contributed by atoms with Crippen LogP contribution in [0, 0.1) is 6.92 Å². The number of fused-ring (bicyclic) bond motifs is 1. The molecule has 18 heavy (non-hydrogen) atoms. The van der Waals surface area contributed by atoms with Crippen LogP contribution in [0.5, 0.6) is 5.75 Å². The molecule has 0 saturated carbocycles. The third-order valence-electron chi connectivity index (χ3n) is 3.11. The normalized spacial score (nSPS) is 10.9. The molecule has 1 heterocycles. The van der Waals surface area contributed by atoms with Gasteiger partial charge in [-0.25, -0.2) is 0 Å². The van der Waals surface area contributed by atoms with E-state index in [0.717, 1.165) is 11.8 Å². The maximum atomic E-state index is 9.52. The van der Waals surface area contributed by atoms with Gasteiger partial charge in [-0.3, -0.25) is 0 Å². The Kier molecular flexibility index (Phi) is 2.80. The molecule has 2 heteroatoms. The maximum Gasteiger partial charge on any atom is 0.116 e. The average Bonchev–Trinajstić information content (AvgIpc) is 2.75. The molecule has 1 aromatic heterocycles. The molecule has 0 atom stereocenters. The molecule has 0 bridgehead atoms. The van der Waals surface area contributed by atoms with E-state index in [9.17, 15) is 5.11 Å². The lowest BCUT2D eigenvalue weighted by atomic mass is 10.0. The fraction of sp³-hybridized carbons (Fsp3) is 0.125. The predicted octanol–water partition coefficient (Wildman–Crippen LogP) is 4.51. The SMILES string of the molecule is Cc1ccc(Cc2cccc3cc(O)ccc23)s1. The lowest BCUT2D eigenvalue weighted by Crippen LogP contribution is -1.86. The van der Waals surface area contributed by atoms with Crippen LogP contribution in [0.15, 0.2) is 48.5 Å². The molecule has 0 unspecified atom stereocenters. The molecule has 0 radical (unpaired) electrons. The molecule has 0 fully saturated rings. The van der Waals surface area contributed by atoms with Crippen LogP contribution in [-0.4, -0.2) is 5.11 Å². The highest BCUT2D eigenvalue weighted by molar-refractivity contribution is 7.11. The summed E-state index contributed by atoms with van der Waals surface area (Å²) in [4.78, 5) is 2.73. The molecule has 90 valence electrons. The van der Waals surface area contributed by atoms with Crippen molar-refractivity contribution in [3.63, 3.8) is 0 Å². The maximum absolute atomic E-state index is 9.52. The minimum Gasteiger partial charge on any atom is -0.508 e. The average molecular weight is 254 g/mol. The van der Waals surface area contributed by atoms with Gasteiger partial charge in [0.25, 0.3) is 0 Å². The molecule has 3 aromatic rings. The second-order valence-electron chi connectivity index (χ2n) is 4.51. The zero-order valence-corrected chi connectivity index (χ0v) is 11.0. The van der Waals surface area contributed by atoms with E-state index in [0.29, 0.717) is 5.75 Å². The molecule has 0 aliphatic heterocycles. The molecule has 2 aromatic carbocycles. The summed E-state index contributed by atoms with van der Waals surface area (Å²) in [5, 5.41) is 11.8. The van der Waals surface area contributed by atoms with Gasteiger partial charge in [0.2, 0.25) is 0 Å². The van der Waals surface area contributed by atoms with Gasteiger partial charge in [-0.2, -0.15) is 0 Å². The molecule has 0 aliphatic rings. The second-order valence-corrected chi connectivity index (χ2v) is 5.88. The topological polar surface area (TPSA) is 20.2 Å². The van der Waals surface area contributed by atoms with Crippen molar-refractivity contribution >= 4 is 22.1 Å². The van der Waals surface area contributed by atoms with Gasteiger partial charge >= 0.3 is 0 Å². The first-order valence-corrected chi connectivity index (χ1v) is 6.80. The smallest absolute Gasteiger partial charge is 0.116 e. The number of aromatic hydroxyl groups is 1. The molecule has 3 rings (SSSR count). The number of rotatable bonds is 2. The highest BCUT2D eigenvalue weighted by atomic mass is 32.1. The fourth-order valence-electron chi connectivity index (χ4n) is 2.26. The first-order valence-electron chi connectivity index (χ1n) is 5.98. The Morgan fingerprint density at radius 1 is 1.06 bits per heavy atom. The first-order chi connectivity index (χ1) is 8.72. The van der Waals surface area contributed by atoms with Gasteiger partial charge in [-0.15, -0.1) is 11.3 Å². The van der Waals surface area contributed by atoms with Crippen LogP contribution in [0.1, 0.15) is 15.3 Å². The molecule has 0 spiro atoms. The summed E-state index contributed by atoms with van der Waals surface area (Å²) in [5.41, 5.74) is 1.31. The van der Waals surface area contributed by atoms with Crippen molar-refractivity contribution in [1.29, 1.82) is 0 Å². The summed E-state index contributed by atoms with van der Waals surface area (Å²) in [5.74, 6) is 0.326. The Balaban J connectivity index is 2.06. The van der Waals surface area contributed by atoms with Gasteiger partial charge in [-0.05, 0) is 47.5 Å². The predicted molar refractivity (Wildman–Crippen MR) is 77.5 cm³/mol. The molecular formula is C16H14OS. The van der Waals surface area contributed by atoms with Gasteiger partial charge in [0.15, 0.2) is 0 Å². The molecular weight excluding hydrogens is 240 g/mol. The van der Waals surface area contributed by atoms with Crippen LogP contribution in [-0.2, 0) is 6.42 Å². The fourth-order valence-corrected chi connectivity index (χ4v) is 3.17. The van der Waals surface area contributed by atoms with Crippen LogP contribution in [0.2, 0.25) is 0 Å². The Bertz CT molecular complexity index is 697. The van der Waals surface area contributed by atoms with Crippen LogP contribution in [0.25, 0.3) is 10.8 Å². The van der Waals surface area contributed by atoms with E-state index < -0.39 is 0 Å². The lowest BCUT2D eigenvalue weighted by Gasteiger charge is -2.05. The number of benzene rings is 2. The highest BCUT2D eigenvalue weighted by Crippen LogP contribution is 2.26. The zero-order valence-electron chi connectivity index (χ0n) is 10.2. The van der Waals surface area contributed by atoms with E-state index in [2.05, 4.69) is 31.2 Å². The summed E-state index contributed by atoms with van der Waals surface area (Å²) in [7, 11) is 0. The van der Waals surface area contributed by atoms with Crippen molar-refractivity contribution < 1.29 is 5.11 Å². The van der Waals surface area contributed by atoms with Gasteiger partial charge in [-0.1, -0.05) is 24.3 Å². The summed E-state index contributed by atoms with van der Waals surface area (Å²) in [6.07, 6.45) is 0.959. The Morgan fingerprint density at radius 2 is 1.94 bits per heavy atom. The third-order valence-corrected chi connectivity index (χ3v) is 4.12. The largest absolute Gasteiger partial charge is 0.508 e. The van der Waals surface area contributed by atoms with E-state index in [1.54, 1.807) is 6.07 Å². The summed E-state index contributed by atoms with van der Waals surface area (Å²) in [6, 6.07) is 16.2. The number of phenolic OH excluding ortho intramolecular Hbond substituents is 1. The van der Waals surface area contributed by atoms with Crippen molar-refractivity contribution in [2.45, 2.75) is 13.3 Å². The monoisotopic (exact) mass is 254 g/mol. The van der Waals surface area contributed by atoms with E-state index in [4.69, 9.17) is 0 Å². The van der Waals surface area contributed by atoms with Gasteiger partial charge in [0.05, 0.1) is 0 Å². The second kappa shape index (κ2) is 4.46. The number of aryl methyl sites for hydroxylation is 1. The third kappa shape index (κ3) is 2.12. The number of hydrogen-bond donors (Lipinski definition) is 1. The zero-order chi connectivity index (χ0) is 12.5. The van der Waals surface area contributed by atoms with Gasteiger partial charge in [0.1, 0.15) is 5.75 Å². The molecule has 0 aliphatic carbocycles. The van der Waals surface area contributed by atoms with Crippen molar-refractivity contribution in [2.24, 2.45) is 0 Å². The van der Waals surface area contributed by atoms with Crippen molar-refractivity contribution in [3.05, 3.63) is 63.8 Å². The van der Waals surface area contributed by atoms with E-state index in [1.807, 2.05) is 29.5 Å². The van der Waals surface area contributed by atoms with Crippen LogP contribution in [0.3, 0.4) is 0 Å². The van der Waals surface area contributed by atoms with Gasteiger partial charge < -0.3 is 5.11 Å². The van der Waals surface area contributed by atoms with Gasteiger partial charge in [0, 0.05) is 16.2 Å². The van der Waals surface area contributed by atoms with Crippen molar-refractivity contribution in [3.8, 4) is 5.75 Å². The minimum atomic E-state index is 0.326. The van der Waals surface area contributed by atoms with Crippen LogP contribution in [0.4, 0.5) is 0 Å². The molecule has 0 saturated heterocycles. The summed E-state index contributed by atoms with van der Waals surface area (Å²) >= 11 is 1.84. The van der Waals surface area contributed by atoms with Crippen LogP contribution < -0.4 is 0 Å². The first kappa shape index (κ1) is 11.3. The molecule has 1 nitrogen and oxygen atoms in total. The molecule has 1 N–H and O–H groups in total. The summed E-state index contributed by atoms with van der Waals surface area (Å²) in [6.45, 7) is 2.13. The minimum absolute atomic E-state index is 0.326. The van der Waals surface area contributed by atoms with Crippen molar-refractivity contribution in [2.75, 3.05) is 0 Å². The van der Waals surface area contributed by atoms with Crippen molar-refractivity contribution in [1.82, 2.24) is 0 Å². The number of phenols is 1. The number of thiophene rings is 1. The lowest BCUT2D eigenvalue weighted by molar-refractivity contribution is 0.476. The number of hydrogen-bond acceptors (Lipinski definition) is 2. The van der Waals surface area contributed by atoms with E-state index >= 15 is 0 Å².